The summed E-state index contributed by atoms with van der Waals surface area (Å²) in [6, 6.07) is 0. The van der Waals surface area contributed by atoms with Crippen molar-refractivity contribution in [3.8, 4) is 12.3 Å². The van der Waals surface area contributed by atoms with Gasteiger partial charge in [-0.1, -0.05) is 43.8 Å². The molecule has 0 saturated heterocycles. The lowest BCUT2D eigenvalue weighted by molar-refractivity contribution is -0.165. The summed E-state index contributed by atoms with van der Waals surface area (Å²) in [4.78, 5) is 12.7. The van der Waals surface area contributed by atoms with Crippen LogP contribution < -0.4 is 0 Å². The molecular weight excluding hydrogens is 300 g/mol. The van der Waals surface area contributed by atoms with E-state index in [4.69, 9.17) is 15.9 Å². The second-order valence-corrected chi connectivity index (χ2v) is 6.77. The van der Waals surface area contributed by atoms with Gasteiger partial charge in [0.15, 0.2) is 6.10 Å². The van der Waals surface area contributed by atoms with Crippen molar-refractivity contribution >= 4 is 5.97 Å². The summed E-state index contributed by atoms with van der Waals surface area (Å²) in [5, 5.41) is 0. The summed E-state index contributed by atoms with van der Waals surface area (Å²) < 4.78 is 11.9. The number of carbonyl (C=O) groups is 1. The summed E-state index contributed by atoms with van der Waals surface area (Å²) >= 11 is 0. The van der Waals surface area contributed by atoms with Gasteiger partial charge in [-0.3, -0.25) is 0 Å². The largest absolute Gasteiger partial charge is 0.460 e. The Kier molecular flexibility index (Phi) is 8.12. The van der Waals surface area contributed by atoms with Crippen molar-refractivity contribution in [1.29, 1.82) is 0 Å². The van der Waals surface area contributed by atoms with Gasteiger partial charge < -0.3 is 9.47 Å². The van der Waals surface area contributed by atoms with E-state index in [0.717, 1.165) is 51.4 Å². The highest BCUT2D eigenvalue weighted by molar-refractivity contribution is 5.80. The number of hydrogen-bond donors (Lipinski definition) is 0. The van der Waals surface area contributed by atoms with Crippen LogP contribution >= 0.6 is 0 Å². The zero-order chi connectivity index (χ0) is 17.2. The van der Waals surface area contributed by atoms with Crippen LogP contribution in [0.5, 0.6) is 0 Å². The van der Waals surface area contributed by atoms with Crippen LogP contribution in [0, 0.1) is 12.3 Å². The maximum absolute atomic E-state index is 12.7. The van der Waals surface area contributed by atoms with Gasteiger partial charge in [-0.05, 0) is 51.5 Å². The molecule has 24 heavy (non-hydrogen) atoms. The topological polar surface area (TPSA) is 35.5 Å². The summed E-state index contributed by atoms with van der Waals surface area (Å²) in [5.74, 6) is 2.31. The molecular formula is C21H30O3. The van der Waals surface area contributed by atoms with E-state index in [9.17, 15) is 4.79 Å². The van der Waals surface area contributed by atoms with Crippen molar-refractivity contribution in [3.63, 3.8) is 0 Å². The van der Waals surface area contributed by atoms with Crippen molar-refractivity contribution in [2.45, 2.75) is 89.4 Å². The molecule has 0 radical (unpaired) electrons. The van der Waals surface area contributed by atoms with E-state index in [1.54, 1.807) is 6.08 Å². The molecule has 2 saturated carbocycles. The van der Waals surface area contributed by atoms with Crippen molar-refractivity contribution in [3.05, 3.63) is 23.8 Å². The number of carbonyl (C=O) groups excluding carboxylic acids is 1. The molecule has 0 amide bonds. The van der Waals surface area contributed by atoms with E-state index in [1.807, 2.05) is 19.1 Å². The Balaban J connectivity index is 2.07. The fourth-order valence-electron chi connectivity index (χ4n) is 3.47. The molecule has 0 aromatic carbocycles. The second kappa shape index (κ2) is 10.4. The van der Waals surface area contributed by atoms with Gasteiger partial charge >= 0.3 is 5.97 Å². The molecule has 0 unspecified atom stereocenters. The predicted molar refractivity (Wildman–Crippen MR) is 96.4 cm³/mol. The fraction of sp³-hybridized carbons (Fsp3) is 0.667. The first-order valence-electron chi connectivity index (χ1n) is 9.40. The van der Waals surface area contributed by atoms with Gasteiger partial charge in [0.2, 0.25) is 0 Å². The van der Waals surface area contributed by atoms with Crippen molar-refractivity contribution in [2.75, 3.05) is 0 Å². The van der Waals surface area contributed by atoms with Crippen molar-refractivity contribution in [2.24, 2.45) is 0 Å². The van der Waals surface area contributed by atoms with E-state index >= 15 is 0 Å². The summed E-state index contributed by atoms with van der Waals surface area (Å²) in [6.07, 6.45) is 21.4. The van der Waals surface area contributed by atoms with Gasteiger partial charge in [0.25, 0.3) is 0 Å². The molecule has 2 fully saturated rings. The summed E-state index contributed by atoms with van der Waals surface area (Å²) in [6.45, 7) is 1.92. The van der Waals surface area contributed by atoms with Crippen LogP contribution in [-0.4, -0.2) is 24.3 Å². The first kappa shape index (κ1) is 18.8. The molecule has 3 heteroatoms. The van der Waals surface area contributed by atoms with Gasteiger partial charge in [-0.15, -0.1) is 6.42 Å². The van der Waals surface area contributed by atoms with Gasteiger partial charge in [-0.2, -0.15) is 0 Å². The minimum absolute atomic E-state index is 0.0180. The molecule has 1 atom stereocenters. The molecule has 3 nitrogen and oxygen atoms in total. The minimum atomic E-state index is -0.767. The SMILES string of the molecule is C#C/C(=C\C=C/C)[C@H](OC1CCCCC1)C(=O)OC1CCCCC1. The number of terminal acetylenes is 1. The lowest BCUT2D eigenvalue weighted by Gasteiger charge is -2.29. The average Bonchev–Trinajstić information content (AvgIpc) is 2.63. The minimum Gasteiger partial charge on any atom is -0.460 e. The van der Waals surface area contributed by atoms with Gasteiger partial charge in [0, 0.05) is 5.57 Å². The zero-order valence-electron chi connectivity index (χ0n) is 14.8. The number of esters is 1. The molecule has 132 valence electrons. The van der Waals surface area contributed by atoms with E-state index in [1.165, 1.54) is 12.8 Å². The maximum atomic E-state index is 12.7. The lowest BCUT2D eigenvalue weighted by atomic mass is 9.97. The van der Waals surface area contributed by atoms with Crippen LogP contribution in [0.4, 0.5) is 0 Å². The van der Waals surface area contributed by atoms with Crippen molar-refractivity contribution in [1.82, 2.24) is 0 Å². The van der Waals surface area contributed by atoms with Crippen LogP contribution in [-0.2, 0) is 14.3 Å². The highest BCUT2D eigenvalue weighted by atomic mass is 16.6. The highest BCUT2D eigenvalue weighted by Gasteiger charge is 2.31. The number of hydrogen-bond acceptors (Lipinski definition) is 3. The Morgan fingerprint density at radius 2 is 1.62 bits per heavy atom. The second-order valence-electron chi connectivity index (χ2n) is 6.77. The quantitative estimate of drug-likeness (QED) is 0.402. The van der Waals surface area contributed by atoms with Crippen molar-refractivity contribution < 1.29 is 14.3 Å². The third-order valence-corrected chi connectivity index (χ3v) is 4.85. The van der Waals surface area contributed by atoms with Crippen LogP contribution in [0.2, 0.25) is 0 Å². The third kappa shape index (κ3) is 5.83. The number of rotatable bonds is 6. The van der Waals surface area contributed by atoms with Gasteiger partial charge in [0.1, 0.15) is 6.10 Å². The molecule has 0 aromatic rings. The monoisotopic (exact) mass is 330 g/mol. The van der Waals surface area contributed by atoms with Gasteiger partial charge in [-0.25, -0.2) is 4.79 Å². The number of allylic oxidation sites excluding steroid dienone is 3. The van der Waals surface area contributed by atoms with Gasteiger partial charge in [0.05, 0.1) is 6.10 Å². The van der Waals surface area contributed by atoms with Crippen LogP contribution in [0.25, 0.3) is 0 Å². The fourth-order valence-corrected chi connectivity index (χ4v) is 3.47. The third-order valence-electron chi connectivity index (χ3n) is 4.85. The Labute approximate surface area is 146 Å². The lowest BCUT2D eigenvalue weighted by Crippen LogP contribution is -2.36. The number of ether oxygens (including phenoxy) is 2. The van der Waals surface area contributed by atoms with Crippen LogP contribution in [0.3, 0.4) is 0 Å². The highest BCUT2D eigenvalue weighted by Crippen LogP contribution is 2.26. The van der Waals surface area contributed by atoms with E-state index in [0.29, 0.717) is 5.57 Å². The Morgan fingerprint density at radius 3 is 2.17 bits per heavy atom. The molecule has 0 aliphatic heterocycles. The smallest absolute Gasteiger partial charge is 0.340 e. The Hall–Kier alpha value is -1.53. The maximum Gasteiger partial charge on any atom is 0.340 e. The zero-order valence-corrected chi connectivity index (χ0v) is 14.8. The van der Waals surface area contributed by atoms with E-state index in [-0.39, 0.29) is 18.2 Å². The Morgan fingerprint density at radius 1 is 1.04 bits per heavy atom. The molecule has 0 heterocycles. The van der Waals surface area contributed by atoms with Crippen LogP contribution in [0.15, 0.2) is 23.8 Å². The summed E-state index contributed by atoms with van der Waals surface area (Å²) in [5.41, 5.74) is 0.555. The first-order valence-corrected chi connectivity index (χ1v) is 9.40. The molecule has 2 aliphatic carbocycles. The molecule has 0 spiro atoms. The molecule has 0 aromatic heterocycles. The normalized spacial score (nSPS) is 22.2. The molecule has 0 bridgehead atoms. The standard InChI is InChI=1S/C21H30O3/c1-3-5-12-17(4-2)20(23-18-13-8-6-9-14-18)21(22)24-19-15-10-7-11-16-19/h2-3,5,12,18-20H,6-11,13-16H2,1H3/b5-3-,17-12+/t20-/m0/s1. The van der Waals surface area contributed by atoms with E-state index in [2.05, 4.69) is 5.92 Å². The molecule has 0 N–H and O–H groups in total. The van der Waals surface area contributed by atoms with E-state index < -0.39 is 6.10 Å². The average molecular weight is 330 g/mol. The summed E-state index contributed by atoms with van der Waals surface area (Å²) in [7, 11) is 0. The van der Waals surface area contributed by atoms with Crippen LogP contribution in [0.1, 0.15) is 71.1 Å². The molecule has 2 aliphatic rings. The first-order chi connectivity index (χ1) is 11.7. The Bertz CT molecular complexity index is 486. The predicted octanol–water partition coefficient (Wildman–Crippen LogP) is 4.72. The molecule has 2 rings (SSSR count).